The van der Waals surface area contributed by atoms with Crippen molar-refractivity contribution < 1.29 is 9.26 Å². The highest BCUT2D eigenvalue weighted by atomic mass is 16.5. The molecule has 0 bridgehead atoms. The second-order valence-electron chi connectivity index (χ2n) is 3.98. The molecular weight excluding hydrogens is 234 g/mol. The summed E-state index contributed by atoms with van der Waals surface area (Å²) >= 11 is 0. The van der Waals surface area contributed by atoms with Gasteiger partial charge in [0.15, 0.2) is 5.82 Å². The van der Waals surface area contributed by atoms with Gasteiger partial charge in [-0.15, -0.1) is 0 Å². The van der Waals surface area contributed by atoms with Crippen molar-refractivity contribution in [2.24, 2.45) is 5.73 Å². The first kappa shape index (κ1) is 12.7. The van der Waals surface area contributed by atoms with Crippen LogP contribution in [0.3, 0.4) is 0 Å². The van der Waals surface area contributed by atoms with Crippen LogP contribution in [0.15, 0.2) is 17.0 Å². The van der Waals surface area contributed by atoms with E-state index in [0.717, 1.165) is 5.69 Å². The van der Waals surface area contributed by atoms with Gasteiger partial charge in [0, 0.05) is 24.9 Å². The van der Waals surface area contributed by atoms with Crippen LogP contribution in [0.1, 0.15) is 43.4 Å². The summed E-state index contributed by atoms with van der Waals surface area (Å²) in [4.78, 5) is 11.2. The number of H-pyrrole nitrogens is 1. The standard InChI is InChI=1S/C11H17N5O2/c1-3-17-7(2)10-15-11(18-16-10)9(12)4-8-5-13-6-14-8/h5-7,9H,3-4,12H2,1-2H3,(H,13,14)/t7?,9-/m0/s1. The molecule has 0 aromatic carbocycles. The van der Waals surface area contributed by atoms with E-state index in [1.165, 1.54) is 0 Å². The number of nitrogens with two attached hydrogens (primary N) is 1. The molecule has 1 unspecified atom stereocenters. The summed E-state index contributed by atoms with van der Waals surface area (Å²) in [5, 5.41) is 3.87. The normalized spacial score (nSPS) is 14.6. The molecule has 0 spiro atoms. The summed E-state index contributed by atoms with van der Waals surface area (Å²) in [6.07, 6.45) is 3.72. The van der Waals surface area contributed by atoms with Gasteiger partial charge in [-0.25, -0.2) is 4.98 Å². The maximum atomic E-state index is 5.99. The quantitative estimate of drug-likeness (QED) is 0.797. The molecular formula is C11H17N5O2. The molecule has 0 radical (unpaired) electrons. The van der Waals surface area contributed by atoms with E-state index >= 15 is 0 Å². The van der Waals surface area contributed by atoms with Gasteiger partial charge < -0.3 is 20.0 Å². The van der Waals surface area contributed by atoms with Gasteiger partial charge in [0.05, 0.1) is 12.4 Å². The molecule has 2 rings (SSSR count). The fourth-order valence-corrected chi connectivity index (χ4v) is 1.61. The molecule has 0 saturated carbocycles. The van der Waals surface area contributed by atoms with Crippen molar-refractivity contribution in [1.29, 1.82) is 0 Å². The van der Waals surface area contributed by atoms with Crippen LogP contribution in [0.4, 0.5) is 0 Å². The predicted octanol–water partition coefficient (Wildman–Crippen LogP) is 1.13. The average Bonchev–Trinajstić information content (AvgIpc) is 2.99. The van der Waals surface area contributed by atoms with E-state index in [2.05, 4.69) is 20.1 Å². The maximum Gasteiger partial charge on any atom is 0.244 e. The Kier molecular flexibility index (Phi) is 4.06. The summed E-state index contributed by atoms with van der Waals surface area (Å²) in [7, 11) is 0. The Morgan fingerprint density at radius 3 is 3.06 bits per heavy atom. The van der Waals surface area contributed by atoms with Crippen LogP contribution < -0.4 is 5.73 Å². The number of aromatic amines is 1. The minimum Gasteiger partial charge on any atom is -0.371 e. The minimum absolute atomic E-state index is 0.188. The highest BCUT2D eigenvalue weighted by Gasteiger charge is 2.19. The zero-order valence-electron chi connectivity index (χ0n) is 10.5. The Morgan fingerprint density at radius 1 is 1.56 bits per heavy atom. The summed E-state index contributed by atoms with van der Waals surface area (Å²) in [6, 6.07) is -0.347. The highest BCUT2D eigenvalue weighted by molar-refractivity contribution is 5.02. The molecule has 0 aliphatic carbocycles. The summed E-state index contributed by atoms with van der Waals surface area (Å²) < 4.78 is 10.5. The molecule has 0 aliphatic heterocycles. The summed E-state index contributed by atoms with van der Waals surface area (Å²) in [5.41, 5.74) is 6.92. The van der Waals surface area contributed by atoms with E-state index in [4.69, 9.17) is 15.0 Å². The molecule has 2 heterocycles. The van der Waals surface area contributed by atoms with Crippen molar-refractivity contribution in [3.05, 3.63) is 29.9 Å². The first-order valence-corrected chi connectivity index (χ1v) is 5.88. The largest absolute Gasteiger partial charge is 0.371 e. The third kappa shape index (κ3) is 2.93. The fraction of sp³-hybridized carbons (Fsp3) is 0.545. The van der Waals surface area contributed by atoms with Crippen molar-refractivity contribution in [2.45, 2.75) is 32.4 Å². The number of aromatic nitrogens is 4. The van der Waals surface area contributed by atoms with E-state index in [9.17, 15) is 0 Å². The first-order valence-electron chi connectivity index (χ1n) is 5.88. The number of rotatable bonds is 6. The van der Waals surface area contributed by atoms with Gasteiger partial charge in [0.2, 0.25) is 5.89 Å². The van der Waals surface area contributed by atoms with Gasteiger partial charge in [-0.05, 0) is 13.8 Å². The molecule has 98 valence electrons. The number of nitrogens with zero attached hydrogens (tertiary/aromatic N) is 3. The number of ether oxygens (including phenoxy) is 1. The molecule has 0 amide bonds. The third-order valence-corrected chi connectivity index (χ3v) is 2.55. The Hall–Kier alpha value is -1.73. The van der Waals surface area contributed by atoms with E-state index in [1.54, 1.807) is 12.5 Å². The molecule has 18 heavy (non-hydrogen) atoms. The van der Waals surface area contributed by atoms with E-state index in [-0.39, 0.29) is 12.1 Å². The van der Waals surface area contributed by atoms with E-state index in [1.807, 2.05) is 13.8 Å². The predicted molar refractivity (Wildman–Crippen MR) is 63.6 cm³/mol. The monoisotopic (exact) mass is 251 g/mol. The molecule has 7 heteroatoms. The Bertz CT molecular complexity index is 467. The molecule has 2 atom stereocenters. The van der Waals surface area contributed by atoms with Crippen molar-refractivity contribution in [3.63, 3.8) is 0 Å². The molecule has 2 aromatic rings. The Labute approximate surface area is 105 Å². The zero-order chi connectivity index (χ0) is 13.0. The van der Waals surface area contributed by atoms with Gasteiger partial charge in [-0.1, -0.05) is 5.16 Å². The molecule has 0 aliphatic rings. The lowest BCUT2D eigenvalue weighted by molar-refractivity contribution is 0.0683. The van der Waals surface area contributed by atoms with Crippen molar-refractivity contribution in [1.82, 2.24) is 20.1 Å². The Morgan fingerprint density at radius 2 is 2.39 bits per heavy atom. The van der Waals surface area contributed by atoms with Crippen LogP contribution in [0, 0.1) is 0 Å². The van der Waals surface area contributed by atoms with Gasteiger partial charge in [0.25, 0.3) is 0 Å². The van der Waals surface area contributed by atoms with Crippen LogP contribution in [0.25, 0.3) is 0 Å². The second kappa shape index (κ2) is 5.74. The summed E-state index contributed by atoms with van der Waals surface area (Å²) in [6.45, 7) is 4.39. The Balaban J connectivity index is 2.00. The summed E-state index contributed by atoms with van der Waals surface area (Å²) in [5.74, 6) is 0.929. The van der Waals surface area contributed by atoms with Crippen LogP contribution in [0.2, 0.25) is 0 Å². The smallest absolute Gasteiger partial charge is 0.244 e. The number of hydrogen-bond donors (Lipinski definition) is 2. The maximum absolute atomic E-state index is 5.99. The third-order valence-electron chi connectivity index (χ3n) is 2.55. The van der Waals surface area contributed by atoms with Gasteiger partial charge in [-0.2, -0.15) is 4.98 Å². The highest BCUT2D eigenvalue weighted by Crippen LogP contribution is 2.17. The number of nitrogens with one attached hydrogen (secondary N) is 1. The van der Waals surface area contributed by atoms with Crippen LogP contribution in [-0.2, 0) is 11.2 Å². The van der Waals surface area contributed by atoms with E-state index in [0.29, 0.717) is 24.7 Å². The van der Waals surface area contributed by atoms with Gasteiger partial charge >= 0.3 is 0 Å². The number of hydrogen-bond acceptors (Lipinski definition) is 6. The first-order chi connectivity index (χ1) is 8.70. The van der Waals surface area contributed by atoms with Gasteiger partial charge in [-0.3, -0.25) is 0 Å². The van der Waals surface area contributed by atoms with Crippen molar-refractivity contribution in [2.75, 3.05) is 6.61 Å². The molecule has 0 saturated heterocycles. The zero-order valence-corrected chi connectivity index (χ0v) is 10.5. The van der Waals surface area contributed by atoms with E-state index < -0.39 is 0 Å². The van der Waals surface area contributed by atoms with Crippen LogP contribution in [0.5, 0.6) is 0 Å². The minimum atomic E-state index is -0.347. The second-order valence-corrected chi connectivity index (χ2v) is 3.98. The molecule has 2 aromatic heterocycles. The number of imidazole rings is 1. The lowest BCUT2D eigenvalue weighted by Crippen LogP contribution is -2.14. The van der Waals surface area contributed by atoms with Crippen LogP contribution >= 0.6 is 0 Å². The van der Waals surface area contributed by atoms with Crippen molar-refractivity contribution >= 4 is 0 Å². The lowest BCUT2D eigenvalue weighted by Gasteiger charge is -2.05. The molecule has 3 N–H and O–H groups in total. The average molecular weight is 251 g/mol. The molecule has 7 nitrogen and oxygen atoms in total. The topological polar surface area (TPSA) is 103 Å². The SMILES string of the molecule is CCOC(C)c1noc([C@@H](N)Cc2cnc[nH]2)n1. The fourth-order valence-electron chi connectivity index (χ4n) is 1.61. The lowest BCUT2D eigenvalue weighted by atomic mass is 10.2. The van der Waals surface area contributed by atoms with Crippen LogP contribution in [-0.4, -0.2) is 26.7 Å². The van der Waals surface area contributed by atoms with Gasteiger partial charge in [0.1, 0.15) is 6.10 Å². The molecule has 0 fully saturated rings. The van der Waals surface area contributed by atoms with Crippen molar-refractivity contribution in [3.8, 4) is 0 Å².